The maximum Gasteiger partial charge on any atom is 0.265 e. The fraction of sp³-hybridized carbons (Fsp3) is 0.0769. The molecule has 21 heavy (non-hydrogen) atoms. The van der Waals surface area contributed by atoms with Crippen LogP contribution in [0.1, 0.15) is 0 Å². The van der Waals surface area contributed by atoms with E-state index in [2.05, 4.69) is 20.7 Å². The minimum absolute atomic E-state index is 0.199. The van der Waals surface area contributed by atoms with Crippen LogP contribution in [0.5, 0.6) is 5.75 Å². The number of methoxy groups -OCH3 is 1. The summed E-state index contributed by atoms with van der Waals surface area (Å²) < 4.78 is 58.2. The fourth-order valence-electron chi connectivity index (χ4n) is 1.68. The predicted molar refractivity (Wildman–Crippen MR) is 77.9 cm³/mol. The van der Waals surface area contributed by atoms with Crippen molar-refractivity contribution in [2.75, 3.05) is 11.8 Å². The summed E-state index contributed by atoms with van der Waals surface area (Å²) in [6.07, 6.45) is 0. The third-order valence-corrected chi connectivity index (χ3v) is 4.90. The lowest BCUT2D eigenvalue weighted by Crippen LogP contribution is -2.15. The Morgan fingerprint density at radius 2 is 1.90 bits per heavy atom. The summed E-state index contributed by atoms with van der Waals surface area (Å²) in [4.78, 5) is -0.660. The van der Waals surface area contributed by atoms with Crippen LogP contribution in [0, 0.1) is 11.6 Å². The minimum Gasteiger partial charge on any atom is -0.497 e. The SMILES string of the molecule is COc1cccc(NS(=O)(=O)c2c(F)cc(F)cc2Br)c1. The van der Waals surface area contributed by atoms with Crippen molar-refractivity contribution in [1.29, 1.82) is 0 Å². The van der Waals surface area contributed by atoms with E-state index in [-0.39, 0.29) is 10.2 Å². The van der Waals surface area contributed by atoms with E-state index in [9.17, 15) is 17.2 Å². The monoisotopic (exact) mass is 377 g/mol. The molecule has 2 aromatic rings. The normalized spacial score (nSPS) is 11.2. The highest BCUT2D eigenvalue weighted by Gasteiger charge is 2.24. The Labute approximate surface area is 128 Å². The van der Waals surface area contributed by atoms with Crippen LogP contribution in [0.4, 0.5) is 14.5 Å². The van der Waals surface area contributed by atoms with Crippen molar-refractivity contribution in [2.45, 2.75) is 4.90 Å². The molecule has 8 heteroatoms. The smallest absolute Gasteiger partial charge is 0.265 e. The van der Waals surface area contributed by atoms with Gasteiger partial charge in [-0.15, -0.1) is 0 Å². The van der Waals surface area contributed by atoms with E-state index in [1.165, 1.54) is 19.2 Å². The summed E-state index contributed by atoms with van der Waals surface area (Å²) in [5.41, 5.74) is 0.199. The zero-order chi connectivity index (χ0) is 15.6. The number of halogens is 3. The van der Waals surface area contributed by atoms with Gasteiger partial charge in [-0.2, -0.15) is 0 Å². The zero-order valence-electron chi connectivity index (χ0n) is 10.7. The molecule has 0 bridgehead atoms. The predicted octanol–water partition coefficient (Wildman–Crippen LogP) is 3.54. The van der Waals surface area contributed by atoms with E-state index >= 15 is 0 Å². The van der Waals surface area contributed by atoms with Crippen molar-refractivity contribution in [3.63, 3.8) is 0 Å². The quantitative estimate of drug-likeness (QED) is 0.886. The molecule has 2 aromatic carbocycles. The first-order valence-electron chi connectivity index (χ1n) is 5.65. The molecule has 0 aliphatic carbocycles. The number of hydrogen-bond donors (Lipinski definition) is 1. The Morgan fingerprint density at radius 1 is 1.19 bits per heavy atom. The average molecular weight is 378 g/mol. The maximum atomic E-state index is 13.7. The van der Waals surface area contributed by atoms with Gasteiger partial charge in [0.05, 0.1) is 12.8 Å². The Balaban J connectivity index is 2.43. The van der Waals surface area contributed by atoms with Gasteiger partial charge in [0.25, 0.3) is 10.0 Å². The topological polar surface area (TPSA) is 55.4 Å². The molecule has 0 atom stereocenters. The fourth-order valence-corrected chi connectivity index (χ4v) is 3.90. The molecular weight excluding hydrogens is 368 g/mol. The third kappa shape index (κ3) is 3.51. The highest BCUT2D eigenvalue weighted by atomic mass is 79.9. The van der Waals surface area contributed by atoms with Crippen molar-refractivity contribution in [3.05, 3.63) is 52.5 Å². The molecule has 0 aliphatic rings. The van der Waals surface area contributed by atoms with Crippen LogP contribution in [0.2, 0.25) is 0 Å². The van der Waals surface area contributed by atoms with E-state index in [0.717, 1.165) is 6.07 Å². The lowest BCUT2D eigenvalue weighted by atomic mass is 10.3. The van der Waals surface area contributed by atoms with Crippen LogP contribution in [0.25, 0.3) is 0 Å². The van der Waals surface area contributed by atoms with Crippen LogP contribution < -0.4 is 9.46 Å². The van der Waals surface area contributed by atoms with Crippen molar-refractivity contribution in [3.8, 4) is 5.75 Å². The molecule has 0 aliphatic heterocycles. The van der Waals surface area contributed by atoms with Gasteiger partial charge in [0, 0.05) is 16.6 Å². The summed E-state index contributed by atoms with van der Waals surface area (Å²) in [6.45, 7) is 0. The second kappa shape index (κ2) is 5.98. The third-order valence-electron chi connectivity index (χ3n) is 2.55. The second-order valence-corrected chi connectivity index (χ2v) is 6.51. The van der Waals surface area contributed by atoms with Gasteiger partial charge in [0.15, 0.2) is 0 Å². The molecule has 0 spiro atoms. The summed E-state index contributed by atoms with van der Waals surface area (Å²) >= 11 is 2.85. The number of anilines is 1. The molecule has 0 radical (unpaired) electrons. The van der Waals surface area contributed by atoms with Gasteiger partial charge in [-0.25, -0.2) is 17.2 Å². The average Bonchev–Trinajstić information content (AvgIpc) is 2.36. The molecule has 4 nitrogen and oxygen atoms in total. The van der Waals surface area contributed by atoms with Gasteiger partial charge in [0.1, 0.15) is 22.3 Å². The van der Waals surface area contributed by atoms with Crippen molar-refractivity contribution >= 4 is 31.6 Å². The van der Waals surface area contributed by atoms with Crippen molar-refractivity contribution in [2.24, 2.45) is 0 Å². The molecule has 0 saturated heterocycles. The summed E-state index contributed by atoms with van der Waals surface area (Å²) in [6, 6.07) is 7.51. The van der Waals surface area contributed by atoms with Gasteiger partial charge in [-0.1, -0.05) is 6.07 Å². The molecule has 0 heterocycles. The zero-order valence-corrected chi connectivity index (χ0v) is 13.1. The summed E-state index contributed by atoms with van der Waals surface area (Å²) in [5.74, 6) is -1.62. The number of ether oxygens (including phenoxy) is 1. The minimum atomic E-state index is -4.21. The van der Waals surface area contributed by atoms with Crippen LogP contribution in [0.3, 0.4) is 0 Å². The van der Waals surface area contributed by atoms with E-state index in [1.54, 1.807) is 12.1 Å². The molecule has 0 amide bonds. The van der Waals surface area contributed by atoms with Crippen LogP contribution in [0.15, 0.2) is 45.8 Å². The summed E-state index contributed by atoms with van der Waals surface area (Å²) in [7, 11) is -2.78. The van der Waals surface area contributed by atoms with E-state index < -0.39 is 26.6 Å². The molecule has 0 unspecified atom stereocenters. The Morgan fingerprint density at radius 3 is 2.52 bits per heavy atom. The van der Waals surface area contributed by atoms with Gasteiger partial charge in [-0.05, 0) is 34.1 Å². The Kier molecular flexibility index (Phi) is 4.48. The highest BCUT2D eigenvalue weighted by Crippen LogP contribution is 2.28. The Hall–Kier alpha value is -1.67. The first-order valence-corrected chi connectivity index (χ1v) is 7.92. The Bertz CT molecular complexity index is 758. The van der Waals surface area contributed by atoms with Gasteiger partial charge < -0.3 is 4.74 Å². The van der Waals surface area contributed by atoms with Crippen LogP contribution >= 0.6 is 15.9 Å². The molecule has 1 N–H and O–H groups in total. The molecule has 0 saturated carbocycles. The standard InChI is InChI=1S/C13H10BrF2NO3S/c1-20-10-4-2-3-9(7-10)17-21(18,19)13-11(14)5-8(15)6-12(13)16/h2-7,17H,1H3. The van der Waals surface area contributed by atoms with Gasteiger partial charge in [0.2, 0.25) is 0 Å². The van der Waals surface area contributed by atoms with E-state index in [1.807, 2.05) is 0 Å². The molecular formula is C13H10BrF2NO3S. The molecule has 0 fully saturated rings. The molecule has 2 rings (SSSR count). The first kappa shape index (κ1) is 15.7. The van der Waals surface area contributed by atoms with E-state index in [4.69, 9.17) is 4.74 Å². The number of nitrogens with one attached hydrogen (secondary N) is 1. The van der Waals surface area contributed by atoms with E-state index in [0.29, 0.717) is 11.8 Å². The van der Waals surface area contributed by atoms with Gasteiger partial charge >= 0.3 is 0 Å². The lowest BCUT2D eigenvalue weighted by molar-refractivity contribution is 0.415. The maximum absolute atomic E-state index is 13.7. The van der Waals surface area contributed by atoms with Crippen molar-refractivity contribution in [1.82, 2.24) is 0 Å². The largest absolute Gasteiger partial charge is 0.497 e. The summed E-state index contributed by atoms with van der Waals surface area (Å²) in [5, 5.41) is 0. The van der Waals surface area contributed by atoms with Crippen molar-refractivity contribution < 1.29 is 21.9 Å². The first-order chi connectivity index (χ1) is 9.83. The molecule has 112 valence electrons. The number of sulfonamides is 1. The second-order valence-electron chi connectivity index (χ2n) is 4.04. The van der Waals surface area contributed by atoms with Gasteiger partial charge in [-0.3, -0.25) is 4.72 Å². The number of rotatable bonds is 4. The van der Waals surface area contributed by atoms with Crippen LogP contribution in [-0.2, 0) is 10.0 Å². The lowest BCUT2D eigenvalue weighted by Gasteiger charge is -2.11. The highest BCUT2D eigenvalue weighted by molar-refractivity contribution is 9.10. The number of benzene rings is 2. The van der Waals surface area contributed by atoms with Crippen LogP contribution in [-0.4, -0.2) is 15.5 Å². The molecule has 0 aromatic heterocycles. The number of hydrogen-bond acceptors (Lipinski definition) is 3.